The molecule has 3 aromatic rings. The van der Waals surface area contributed by atoms with E-state index in [1.165, 1.54) is 5.56 Å². The molecule has 0 aliphatic heterocycles. The van der Waals surface area contributed by atoms with Crippen LogP contribution in [0.2, 0.25) is 10.0 Å². The number of hydrogen-bond acceptors (Lipinski definition) is 1. The van der Waals surface area contributed by atoms with E-state index in [1.54, 1.807) is 6.07 Å². The Balaban J connectivity index is 2.28. The van der Waals surface area contributed by atoms with Gasteiger partial charge in [-0.25, -0.2) is 4.98 Å². The lowest BCUT2D eigenvalue weighted by Crippen LogP contribution is -1.88. The molecule has 0 aliphatic rings. The standard InChI is InChI=1S/C15H12Cl2N2/c1-9-3-5-11(6-4-9)14-10(2)19-8-12(16)7-13(17)15(19)18-14/h3-8H,1-2H3. The fourth-order valence-corrected chi connectivity index (χ4v) is 2.68. The molecule has 0 fully saturated rings. The summed E-state index contributed by atoms with van der Waals surface area (Å²) in [4.78, 5) is 4.63. The first-order chi connectivity index (χ1) is 9.06. The van der Waals surface area contributed by atoms with Crippen molar-refractivity contribution in [1.29, 1.82) is 0 Å². The first-order valence-corrected chi connectivity index (χ1v) is 6.72. The molecular weight excluding hydrogens is 279 g/mol. The fraction of sp³-hybridized carbons (Fsp3) is 0.133. The van der Waals surface area contributed by atoms with Crippen molar-refractivity contribution in [3.63, 3.8) is 0 Å². The minimum Gasteiger partial charge on any atom is -0.301 e. The summed E-state index contributed by atoms with van der Waals surface area (Å²) in [5, 5.41) is 1.17. The lowest BCUT2D eigenvalue weighted by molar-refractivity contribution is 1.11. The molecule has 0 saturated heterocycles. The first kappa shape index (κ1) is 12.5. The molecule has 1 aromatic carbocycles. The molecule has 2 nitrogen and oxygen atoms in total. The number of aryl methyl sites for hydroxylation is 2. The van der Waals surface area contributed by atoms with Crippen LogP contribution >= 0.6 is 23.2 Å². The minimum atomic E-state index is 0.564. The van der Waals surface area contributed by atoms with Gasteiger partial charge in [-0.15, -0.1) is 0 Å². The molecule has 0 radical (unpaired) electrons. The minimum absolute atomic E-state index is 0.564. The molecule has 0 N–H and O–H groups in total. The number of rotatable bonds is 1. The van der Waals surface area contributed by atoms with Crippen LogP contribution in [0.3, 0.4) is 0 Å². The average Bonchev–Trinajstić information content (AvgIpc) is 2.69. The highest BCUT2D eigenvalue weighted by atomic mass is 35.5. The third-order valence-corrected chi connectivity index (χ3v) is 3.69. The lowest BCUT2D eigenvalue weighted by atomic mass is 10.1. The van der Waals surface area contributed by atoms with Gasteiger partial charge in [0.1, 0.15) is 0 Å². The van der Waals surface area contributed by atoms with Crippen molar-refractivity contribution in [3.05, 3.63) is 57.8 Å². The van der Waals surface area contributed by atoms with Gasteiger partial charge in [0.05, 0.1) is 15.7 Å². The zero-order valence-corrected chi connectivity index (χ0v) is 12.1. The predicted molar refractivity (Wildman–Crippen MR) is 80.1 cm³/mol. The molecule has 0 unspecified atom stereocenters. The van der Waals surface area contributed by atoms with Crippen molar-refractivity contribution < 1.29 is 0 Å². The highest BCUT2D eigenvalue weighted by Gasteiger charge is 2.13. The van der Waals surface area contributed by atoms with Crippen molar-refractivity contribution in [1.82, 2.24) is 9.38 Å². The summed E-state index contributed by atoms with van der Waals surface area (Å²) in [6, 6.07) is 10.0. The quantitative estimate of drug-likeness (QED) is 0.621. The predicted octanol–water partition coefficient (Wildman–Crippen LogP) is 4.92. The van der Waals surface area contributed by atoms with E-state index in [-0.39, 0.29) is 0 Å². The van der Waals surface area contributed by atoms with Crippen LogP contribution in [0.1, 0.15) is 11.3 Å². The lowest BCUT2D eigenvalue weighted by Gasteiger charge is -2.01. The Morgan fingerprint density at radius 3 is 2.42 bits per heavy atom. The molecule has 0 atom stereocenters. The third kappa shape index (κ3) is 2.11. The molecule has 4 heteroatoms. The number of hydrogen-bond donors (Lipinski definition) is 0. The fourth-order valence-electron chi connectivity index (χ4n) is 2.17. The van der Waals surface area contributed by atoms with Crippen molar-refractivity contribution in [2.24, 2.45) is 0 Å². The monoisotopic (exact) mass is 290 g/mol. The Labute approximate surface area is 121 Å². The normalized spacial score (nSPS) is 11.2. The van der Waals surface area contributed by atoms with Gasteiger partial charge >= 0.3 is 0 Å². The van der Waals surface area contributed by atoms with E-state index < -0.39 is 0 Å². The van der Waals surface area contributed by atoms with E-state index in [2.05, 4.69) is 36.2 Å². The molecule has 96 valence electrons. The van der Waals surface area contributed by atoms with E-state index >= 15 is 0 Å². The van der Waals surface area contributed by atoms with E-state index in [1.807, 2.05) is 17.5 Å². The van der Waals surface area contributed by atoms with E-state index in [0.717, 1.165) is 22.6 Å². The molecule has 0 aliphatic carbocycles. The van der Waals surface area contributed by atoms with Crippen LogP contribution in [-0.2, 0) is 0 Å². The second-order valence-corrected chi connectivity index (χ2v) is 5.46. The largest absolute Gasteiger partial charge is 0.301 e. The van der Waals surface area contributed by atoms with E-state index in [9.17, 15) is 0 Å². The number of benzene rings is 1. The van der Waals surface area contributed by atoms with Crippen molar-refractivity contribution in [3.8, 4) is 11.3 Å². The zero-order chi connectivity index (χ0) is 13.6. The maximum Gasteiger partial charge on any atom is 0.156 e. The van der Waals surface area contributed by atoms with Gasteiger partial charge < -0.3 is 4.40 Å². The molecule has 19 heavy (non-hydrogen) atoms. The highest BCUT2D eigenvalue weighted by Crippen LogP contribution is 2.29. The molecule has 0 bridgehead atoms. The van der Waals surface area contributed by atoms with Crippen molar-refractivity contribution in [2.75, 3.05) is 0 Å². The summed E-state index contributed by atoms with van der Waals surface area (Å²) in [5.74, 6) is 0. The number of pyridine rings is 1. The Morgan fingerprint density at radius 1 is 1.05 bits per heavy atom. The van der Waals surface area contributed by atoms with Gasteiger partial charge in [0.25, 0.3) is 0 Å². The second kappa shape index (κ2) is 4.55. The Hall–Kier alpha value is -1.51. The SMILES string of the molecule is Cc1ccc(-c2nc3c(Cl)cc(Cl)cn3c2C)cc1. The van der Waals surface area contributed by atoms with Crippen molar-refractivity contribution in [2.45, 2.75) is 13.8 Å². The van der Waals surface area contributed by atoms with Crippen LogP contribution in [0, 0.1) is 13.8 Å². The van der Waals surface area contributed by atoms with Crippen LogP contribution < -0.4 is 0 Å². The zero-order valence-electron chi connectivity index (χ0n) is 10.6. The van der Waals surface area contributed by atoms with Crippen LogP contribution in [-0.4, -0.2) is 9.38 Å². The maximum atomic E-state index is 6.19. The number of halogens is 2. The summed E-state index contributed by atoms with van der Waals surface area (Å²) < 4.78 is 1.93. The van der Waals surface area contributed by atoms with Gasteiger partial charge in [-0.3, -0.25) is 0 Å². The summed E-state index contributed by atoms with van der Waals surface area (Å²) in [5.41, 5.74) is 5.01. The molecular formula is C15H12Cl2N2. The van der Waals surface area contributed by atoms with Gasteiger partial charge in [0, 0.05) is 17.5 Å². The molecule has 0 spiro atoms. The smallest absolute Gasteiger partial charge is 0.156 e. The Bertz CT molecular complexity index is 758. The number of fused-ring (bicyclic) bond motifs is 1. The van der Waals surface area contributed by atoms with Crippen molar-refractivity contribution >= 4 is 28.8 Å². The summed E-state index contributed by atoms with van der Waals surface area (Å²) >= 11 is 12.2. The van der Waals surface area contributed by atoms with Crippen LogP contribution in [0.15, 0.2) is 36.5 Å². The Kier molecular flexibility index (Phi) is 3.00. The summed E-state index contributed by atoms with van der Waals surface area (Å²) in [6.07, 6.45) is 1.84. The first-order valence-electron chi connectivity index (χ1n) is 5.97. The van der Waals surface area contributed by atoms with Crippen LogP contribution in [0.5, 0.6) is 0 Å². The van der Waals surface area contributed by atoms with Gasteiger partial charge in [0.15, 0.2) is 5.65 Å². The molecule has 0 saturated carbocycles. The number of nitrogens with zero attached hydrogens (tertiary/aromatic N) is 2. The molecule has 0 amide bonds. The van der Waals surface area contributed by atoms with Gasteiger partial charge in [0.2, 0.25) is 0 Å². The summed E-state index contributed by atoms with van der Waals surface area (Å²) in [6.45, 7) is 4.08. The topological polar surface area (TPSA) is 17.3 Å². The average molecular weight is 291 g/mol. The van der Waals surface area contributed by atoms with E-state index in [0.29, 0.717) is 10.0 Å². The molecule has 2 heterocycles. The highest BCUT2D eigenvalue weighted by molar-refractivity contribution is 6.36. The van der Waals surface area contributed by atoms with E-state index in [4.69, 9.17) is 23.2 Å². The molecule has 2 aromatic heterocycles. The van der Waals surface area contributed by atoms with Crippen LogP contribution in [0.4, 0.5) is 0 Å². The summed E-state index contributed by atoms with van der Waals surface area (Å²) in [7, 11) is 0. The number of aromatic nitrogens is 2. The molecule has 3 rings (SSSR count). The van der Waals surface area contributed by atoms with Crippen LogP contribution in [0.25, 0.3) is 16.9 Å². The van der Waals surface area contributed by atoms with Gasteiger partial charge in [-0.1, -0.05) is 53.0 Å². The number of imidazole rings is 1. The third-order valence-electron chi connectivity index (χ3n) is 3.21. The van der Waals surface area contributed by atoms with Gasteiger partial charge in [-0.2, -0.15) is 0 Å². The second-order valence-electron chi connectivity index (χ2n) is 4.61. The Morgan fingerprint density at radius 2 is 1.74 bits per heavy atom. The van der Waals surface area contributed by atoms with Gasteiger partial charge in [-0.05, 0) is 19.9 Å². The maximum absolute atomic E-state index is 6.19.